The molecule has 0 radical (unpaired) electrons. The van der Waals surface area contributed by atoms with Gasteiger partial charge in [0, 0.05) is 6.20 Å². The lowest BCUT2D eigenvalue weighted by Gasteiger charge is -2.03. The van der Waals surface area contributed by atoms with Gasteiger partial charge in [-0.1, -0.05) is 6.58 Å². The molecule has 0 heterocycles. The van der Waals surface area contributed by atoms with Crippen molar-refractivity contribution in [1.29, 1.82) is 0 Å². The number of nitrogens with zero attached hydrogens (tertiary/aromatic N) is 1. The number of ether oxygens (including phenoxy) is 1. The Labute approximate surface area is 77.8 Å². The Morgan fingerprint density at radius 3 is 2.92 bits per heavy atom. The number of carbonyl (C=O) groups is 1. The normalized spacial score (nSPS) is 24.8. The average Bonchev–Trinajstić information content (AvgIpc) is 2.47. The zero-order chi connectivity index (χ0) is 9.84. The van der Waals surface area contributed by atoms with Gasteiger partial charge >= 0.3 is 5.97 Å². The highest BCUT2D eigenvalue weighted by atomic mass is 16.5. The molecule has 0 aromatic heterocycles. The Hall–Kier alpha value is -1.38. The van der Waals surface area contributed by atoms with E-state index in [0.717, 1.165) is 11.1 Å². The molecule has 1 saturated carbocycles. The fourth-order valence-electron chi connectivity index (χ4n) is 1.50. The van der Waals surface area contributed by atoms with E-state index in [9.17, 15) is 4.79 Å². The second-order valence-corrected chi connectivity index (χ2v) is 3.07. The van der Waals surface area contributed by atoms with Crippen molar-refractivity contribution in [2.45, 2.75) is 12.8 Å². The number of allylic oxidation sites excluding steroid dienone is 2. The van der Waals surface area contributed by atoms with Crippen LogP contribution in [0, 0.1) is 5.92 Å². The van der Waals surface area contributed by atoms with E-state index >= 15 is 0 Å². The summed E-state index contributed by atoms with van der Waals surface area (Å²) in [6, 6.07) is 0. The molecule has 0 aliphatic heterocycles. The molecule has 0 aromatic rings. The van der Waals surface area contributed by atoms with Gasteiger partial charge in [0.1, 0.15) is 0 Å². The van der Waals surface area contributed by atoms with Crippen LogP contribution in [-0.4, -0.2) is 19.8 Å². The molecule has 0 amide bonds. The smallest absolute Gasteiger partial charge is 0.309 e. The fraction of sp³-hybridized carbons (Fsp3) is 0.400. The van der Waals surface area contributed by atoms with Gasteiger partial charge < -0.3 is 4.74 Å². The first-order valence-corrected chi connectivity index (χ1v) is 4.10. The summed E-state index contributed by atoms with van der Waals surface area (Å²) < 4.78 is 4.66. The molecule has 1 atom stereocenters. The summed E-state index contributed by atoms with van der Waals surface area (Å²) in [7, 11) is 1.40. The fourth-order valence-corrected chi connectivity index (χ4v) is 1.50. The number of methoxy groups -OCH3 is 1. The van der Waals surface area contributed by atoms with E-state index < -0.39 is 0 Å². The van der Waals surface area contributed by atoms with Crippen molar-refractivity contribution < 1.29 is 9.53 Å². The highest BCUT2D eigenvalue weighted by molar-refractivity contribution is 5.74. The molecule has 13 heavy (non-hydrogen) atoms. The van der Waals surface area contributed by atoms with Gasteiger partial charge in [-0.05, 0) is 30.7 Å². The summed E-state index contributed by atoms with van der Waals surface area (Å²) in [4.78, 5) is 14.8. The summed E-state index contributed by atoms with van der Waals surface area (Å²) in [5.74, 6) is -0.251. The van der Waals surface area contributed by atoms with E-state index in [1.807, 2.05) is 0 Å². The number of rotatable bonds is 2. The maximum atomic E-state index is 11.2. The van der Waals surface area contributed by atoms with Crippen LogP contribution < -0.4 is 0 Å². The minimum absolute atomic E-state index is 0.0782. The molecule has 3 heteroatoms. The van der Waals surface area contributed by atoms with Crippen LogP contribution in [0.25, 0.3) is 0 Å². The lowest BCUT2D eigenvalue weighted by molar-refractivity contribution is -0.144. The molecule has 0 aromatic carbocycles. The van der Waals surface area contributed by atoms with Gasteiger partial charge in [0.2, 0.25) is 0 Å². The van der Waals surface area contributed by atoms with E-state index in [1.165, 1.54) is 7.11 Å². The van der Waals surface area contributed by atoms with E-state index in [0.29, 0.717) is 12.8 Å². The molecule has 0 N–H and O–H groups in total. The van der Waals surface area contributed by atoms with Crippen LogP contribution in [-0.2, 0) is 9.53 Å². The Morgan fingerprint density at radius 1 is 1.69 bits per heavy atom. The van der Waals surface area contributed by atoms with Crippen molar-refractivity contribution in [2.24, 2.45) is 10.9 Å². The van der Waals surface area contributed by atoms with Gasteiger partial charge in [-0.2, -0.15) is 0 Å². The van der Waals surface area contributed by atoms with Crippen molar-refractivity contribution in [3.8, 4) is 0 Å². The van der Waals surface area contributed by atoms with Gasteiger partial charge in [-0.15, -0.1) is 0 Å². The Bertz CT molecular complexity index is 279. The molecule has 70 valence electrons. The quantitative estimate of drug-likeness (QED) is 0.478. The van der Waals surface area contributed by atoms with Gasteiger partial charge in [-0.25, -0.2) is 0 Å². The van der Waals surface area contributed by atoms with Crippen LogP contribution in [0.1, 0.15) is 12.8 Å². The maximum absolute atomic E-state index is 11.2. The third kappa shape index (κ3) is 2.05. The zero-order valence-electron chi connectivity index (χ0n) is 7.75. The van der Waals surface area contributed by atoms with Crippen molar-refractivity contribution in [2.75, 3.05) is 7.11 Å². The summed E-state index contributed by atoms with van der Waals surface area (Å²) in [5.41, 5.74) is 1.97. The zero-order valence-corrected chi connectivity index (χ0v) is 7.75. The van der Waals surface area contributed by atoms with Crippen molar-refractivity contribution in [3.63, 3.8) is 0 Å². The lowest BCUT2D eigenvalue weighted by atomic mass is 10.1. The molecule has 1 unspecified atom stereocenters. The first kappa shape index (κ1) is 9.71. The van der Waals surface area contributed by atoms with Crippen LogP contribution in [0.4, 0.5) is 0 Å². The molecular weight excluding hydrogens is 166 g/mol. The van der Waals surface area contributed by atoms with Crippen LogP contribution in [0.3, 0.4) is 0 Å². The van der Waals surface area contributed by atoms with Crippen LogP contribution in [0.15, 0.2) is 28.9 Å². The largest absolute Gasteiger partial charge is 0.469 e. The van der Waals surface area contributed by atoms with Crippen molar-refractivity contribution in [1.82, 2.24) is 0 Å². The molecule has 1 rings (SSSR count). The molecule has 3 nitrogen and oxygen atoms in total. The minimum atomic E-state index is -0.173. The van der Waals surface area contributed by atoms with Gasteiger partial charge in [0.05, 0.1) is 13.0 Å². The van der Waals surface area contributed by atoms with Crippen molar-refractivity contribution in [3.05, 3.63) is 23.9 Å². The van der Waals surface area contributed by atoms with Gasteiger partial charge in [-0.3, -0.25) is 9.79 Å². The SMILES string of the molecule is C=N/C=C1/CC(C(=O)OC)CC1=C. The summed E-state index contributed by atoms with van der Waals surface area (Å²) in [5, 5.41) is 0. The third-order valence-corrected chi connectivity index (χ3v) is 2.19. The molecule has 1 fully saturated rings. The van der Waals surface area contributed by atoms with Crippen molar-refractivity contribution >= 4 is 12.7 Å². The van der Waals surface area contributed by atoms with E-state index in [2.05, 4.69) is 23.0 Å². The van der Waals surface area contributed by atoms with Gasteiger partial charge in [0.15, 0.2) is 0 Å². The molecular formula is C10H13NO2. The summed E-state index contributed by atoms with van der Waals surface area (Å²) in [6.45, 7) is 7.22. The first-order valence-electron chi connectivity index (χ1n) is 4.10. The first-order chi connectivity index (χ1) is 6.19. The highest BCUT2D eigenvalue weighted by Gasteiger charge is 2.29. The molecule has 0 saturated heterocycles. The Morgan fingerprint density at radius 2 is 2.38 bits per heavy atom. The highest BCUT2D eigenvalue weighted by Crippen LogP contribution is 2.34. The average molecular weight is 179 g/mol. The lowest BCUT2D eigenvalue weighted by Crippen LogP contribution is -2.11. The maximum Gasteiger partial charge on any atom is 0.309 e. The topological polar surface area (TPSA) is 38.7 Å². The number of hydrogen-bond acceptors (Lipinski definition) is 3. The predicted molar refractivity (Wildman–Crippen MR) is 51.5 cm³/mol. The summed E-state index contributed by atoms with van der Waals surface area (Å²) in [6.07, 6.45) is 3.00. The number of carbonyl (C=O) groups excluding carboxylic acids is 1. The minimum Gasteiger partial charge on any atom is -0.469 e. The monoisotopic (exact) mass is 179 g/mol. The van der Waals surface area contributed by atoms with E-state index in [1.54, 1.807) is 6.20 Å². The molecule has 0 spiro atoms. The second kappa shape index (κ2) is 4.03. The molecule has 1 aliphatic carbocycles. The number of esters is 1. The standard InChI is InChI=1S/C10H13NO2/c1-7-4-8(10(12)13-3)5-9(7)6-11-2/h6,8H,1-2,4-5H2,3H3/b9-6-. The van der Waals surface area contributed by atoms with Gasteiger partial charge in [0.25, 0.3) is 0 Å². The number of hydrogen-bond donors (Lipinski definition) is 0. The van der Waals surface area contributed by atoms with Crippen LogP contribution in [0.2, 0.25) is 0 Å². The molecule has 1 aliphatic rings. The number of aliphatic imine (C=N–C) groups is 1. The Kier molecular flexibility index (Phi) is 3.01. The molecule has 0 bridgehead atoms. The summed E-state index contributed by atoms with van der Waals surface area (Å²) >= 11 is 0. The predicted octanol–water partition coefficient (Wildman–Crippen LogP) is 1.71. The van der Waals surface area contributed by atoms with Crippen LogP contribution >= 0.6 is 0 Å². The third-order valence-electron chi connectivity index (χ3n) is 2.19. The van der Waals surface area contributed by atoms with Crippen LogP contribution in [0.5, 0.6) is 0 Å². The second-order valence-electron chi connectivity index (χ2n) is 3.07. The van der Waals surface area contributed by atoms with E-state index in [-0.39, 0.29) is 11.9 Å². The Balaban J connectivity index is 2.70. The van der Waals surface area contributed by atoms with E-state index in [4.69, 9.17) is 0 Å².